The molecule has 0 spiro atoms. The standard InChI is InChI=1S/C16H24N2O/c1-16(2)6-7-18(10-16)14-8-11-4-5-12(19-3)9-13(11)15(14)17/h4-5,9,14-15H,6-8,10,17H2,1-3H3. The van der Waals surface area contributed by atoms with Gasteiger partial charge in [-0.1, -0.05) is 19.9 Å². The van der Waals surface area contributed by atoms with Gasteiger partial charge in [-0.2, -0.15) is 0 Å². The highest BCUT2D eigenvalue weighted by Gasteiger charge is 2.39. The minimum Gasteiger partial charge on any atom is -0.497 e. The summed E-state index contributed by atoms with van der Waals surface area (Å²) in [6, 6.07) is 6.92. The third-order valence-electron chi connectivity index (χ3n) is 4.73. The number of fused-ring (bicyclic) bond motifs is 1. The summed E-state index contributed by atoms with van der Waals surface area (Å²) in [5, 5.41) is 0. The van der Waals surface area contributed by atoms with Gasteiger partial charge in [0, 0.05) is 18.6 Å². The average molecular weight is 260 g/mol. The zero-order valence-corrected chi connectivity index (χ0v) is 12.1. The number of likely N-dealkylation sites (tertiary alicyclic amines) is 1. The van der Waals surface area contributed by atoms with Crippen LogP contribution in [0.1, 0.15) is 37.4 Å². The van der Waals surface area contributed by atoms with Crippen molar-refractivity contribution in [1.29, 1.82) is 0 Å². The molecule has 104 valence electrons. The van der Waals surface area contributed by atoms with E-state index in [1.165, 1.54) is 24.1 Å². The molecule has 1 saturated heterocycles. The molecule has 1 heterocycles. The van der Waals surface area contributed by atoms with E-state index in [4.69, 9.17) is 10.5 Å². The van der Waals surface area contributed by atoms with Crippen LogP contribution in [0, 0.1) is 5.41 Å². The van der Waals surface area contributed by atoms with Gasteiger partial charge in [0.25, 0.3) is 0 Å². The van der Waals surface area contributed by atoms with Crippen molar-refractivity contribution in [3.05, 3.63) is 29.3 Å². The molecule has 0 bridgehead atoms. The Morgan fingerprint density at radius 2 is 2.16 bits per heavy atom. The number of hydrogen-bond acceptors (Lipinski definition) is 3. The molecule has 1 aromatic carbocycles. The third-order valence-corrected chi connectivity index (χ3v) is 4.73. The highest BCUT2D eigenvalue weighted by Crippen LogP contribution is 2.39. The van der Waals surface area contributed by atoms with Crippen LogP contribution >= 0.6 is 0 Å². The Hall–Kier alpha value is -1.06. The molecule has 0 saturated carbocycles. The normalized spacial score (nSPS) is 29.5. The van der Waals surface area contributed by atoms with Crippen molar-refractivity contribution in [3.63, 3.8) is 0 Å². The van der Waals surface area contributed by atoms with Gasteiger partial charge in [-0.05, 0) is 48.1 Å². The second kappa shape index (κ2) is 4.50. The molecule has 0 aromatic heterocycles. The Labute approximate surface area is 115 Å². The van der Waals surface area contributed by atoms with Crippen molar-refractivity contribution >= 4 is 0 Å². The third kappa shape index (κ3) is 2.26. The first kappa shape index (κ1) is 12.9. The van der Waals surface area contributed by atoms with Crippen LogP contribution in [-0.4, -0.2) is 31.1 Å². The van der Waals surface area contributed by atoms with Gasteiger partial charge in [0.1, 0.15) is 5.75 Å². The Bertz CT molecular complexity index is 484. The molecular weight excluding hydrogens is 236 g/mol. The molecule has 2 atom stereocenters. The highest BCUT2D eigenvalue weighted by molar-refractivity contribution is 5.42. The fraction of sp³-hybridized carbons (Fsp3) is 0.625. The Morgan fingerprint density at radius 1 is 1.37 bits per heavy atom. The molecule has 3 nitrogen and oxygen atoms in total. The summed E-state index contributed by atoms with van der Waals surface area (Å²) in [6.07, 6.45) is 2.35. The van der Waals surface area contributed by atoms with Crippen LogP contribution in [-0.2, 0) is 6.42 Å². The monoisotopic (exact) mass is 260 g/mol. The number of methoxy groups -OCH3 is 1. The summed E-state index contributed by atoms with van der Waals surface area (Å²) in [7, 11) is 1.71. The second-order valence-corrected chi connectivity index (χ2v) is 6.75. The molecule has 19 heavy (non-hydrogen) atoms. The molecule has 2 aliphatic rings. The van der Waals surface area contributed by atoms with E-state index >= 15 is 0 Å². The van der Waals surface area contributed by atoms with Crippen LogP contribution in [0.25, 0.3) is 0 Å². The first-order chi connectivity index (χ1) is 9.00. The summed E-state index contributed by atoms with van der Waals surface area (Å²) in [5.74, 6) is 0.914. The van der Waals surface area contributed by atoms with Crippen molar-refractivity contribution in [3.8, 4) is 5.75 Å². The number of hydrogen-bond donors (Lipinski definition) is 1. The molecule has 1 aliphatic heterocycles. The molecule has 1 fully saturated rings. The van der Waals surface area contributed by atoms with Crippen LogP contribution in [0.15, 0.2) is 18.2 Å². The Balaban J connectivity index is 1.81. The predicted octanol–water partition coefficient (Wildman–Crippen LogP) is 2.35. The fourth-order valence-corrected chi connectivity index (χ4v) is 3.55. The lowest BCUT2D eigenvalue weighted by molar-refractivity contribution is 0.200. The van der Waals surface area contributed by atoms with E-state index in [0.717, 1.165) is 18.7 Å². The van der Waals surface area contributed by atoms with E-state index in [1.54, 1.807) is 7.11 Å². The van der Waals surface area contributed by atoms with Gasteiger partial charge in [0.2, 0.25) is 0 Å². The summed E-state index contributed by atoms with van der Waals surface area (Å²) in [6.45, 7) is 7.04. The van der Waals surface area contributed by atoms with Gasteiger partial charge in [-0.15, -0.1) is 0 Å². The smallest absolute Gasteiger partial charge is 0.119 e. The topological polar surface area (TPSA) is 38.5 Å². The molecule has 3 heteroatoms. The fourth-order valence-electron chi connectivity index (χ4n) is 3.55. The van der Waals surface area contributed by atoms with E-state index < -0.39 is 0 Å². The van der Waals surface area contributed by atoms with Crippen LogP contribution in [0.3, 0.4) is 0 Å². The van der Waals surface area contributed by atoms with E-state index in [0.29, 0.717) is 11.5 Å². The highest BCUT2D eigenvalue weighted by atomic mass is 16.5. The maximum absolute atomic E-state index is 6.49. The number of nitrogens with two attached hydrogens (primary N) is 1. The van der Waals surface area contributed by atoms with Gasteiger partial charge in [-0.3, -0.25) is 4.90 Å². The SMILES string of the molecule is COc1ccc2c(c1)C(N)C(N1CCC(C)(C)C1)C2. The average Bonchev–Trinajstić information content (AvgIpc) is 2.90. The zero-order chi connectivity index (χ0) is 13.6. The molecule has 0 radical (unpaired) electrons. The maximum Gasteiger partial charge on any atom is 0.119 e. The van der Waals surface area contributed by atoms with Crippen molar-refractivity contribution in [2.24, 2.45) is 11.1 Å². The Morgan fingerprint density at radius 3 is 2.79 bits per heavy atom. The summed E-state index contributed by atoms with van der Waals surface area (Å²) >= 11 is 0. The van der Waals surface area contributed by atoms with Crippen LogP contribution in [0.4, 0.5) is 0 Å². The van der Waals surface area contributed by atoms with Crippen molar-refractivity contribution in [2.75, 3.05) is 20.2 Å². The molecule has 2 N–H and O–H groups in total. The maximum atomic E-state index is 6.49. The predicted molar refractivity (Wildman–Crippen MR) is 77.4 cm³/mol. The summed E-state index contributed by atoms with van der Waals surface area (Å²) in [5.41, 5.74) is 9.59. The van der Waals surface area contributed by atoms with Gasteiger partial charge in [-0.25, -0.2) is 0 Å². The minimum atomic E-state index is 0.124. The second-order valence-electron chi connectivity index (χ2n) is 6.75. The molecule has 1 aromatic rings. The molecule has 2 unspecified atom stereocenters. The van der Waals surface area contributed by atoms with Crippen molar-refractivity contribution in [1.82, 2.24) is 4.90 Å². The Kier molecular flexibility index (Phi) is 3.06. The van der Waals surface area contributed by atoms with Crippen LogP contribution in [0.2, 0.25) is 0 Å². The quantitative estimate of drug-likeness (QED) is 0.887. The zero-order valence-electron chi connectivity index (χ0n) is 12.1. The van der Waals surface area contributed by atoms with Crippen LogP contribution < -0.4 is 10.5 Å². The van der Waals surface area contributed by atoms with Gasteiger partial charge in [0.15, 0.2) is 0 Å². The largest absolute Gasteiger partial charge is 0.497 e. The molecule has 0 amide bonds. The minimum absolute atomic E-state index is 0.124. The molecular formula is C16H24N2O. The van der Waals surface area contributed by atoms with Crippen molar-refractivity contribution in [2.45, 2.75) is 38.8 Å². The van der Waals surface area contributed by atoms with E-state index in [9.17, 15) is 0 Å². The first-order valence-electron chi connectivity index (χ1n) is 7.17. The van der Waals surface area contributed by atoms with Gasteiger partial charge >= 0.3 is 0 Å². The summed E-state index contributed by atoms with van der Waals surface area (Å²) in [4.78, 5) is 2.58. The van der Waals surface area contributed by atoms with Crippen molar-refractivity contribution < 1.29 is 4.74 Å². The lowest BCUT2D eigenvalue weighted by Crippen LogP contribution is -2.40. The lowest BCUT2D eigenvalue weighted by atomic mass is 9.93. The van der Waals surface area contributed by atoms with E-state index in [-0.39, 0.29) is 6.04 Å². The van der Waals surface area contributed by atoms with Gasteiger partial charge < -0.3 is 10.5 Å². The number of benzene rings is 1. The summed E-state index contributed by atoms with van der Waals surface area (Å²) < 4.78 is 5.31. The van der Waals surface area contributed by atoms with Crippen LogP contribution in [0.5, 0.6) is 5.75 Å². The van der Waals surface area contributed by atoms with E-state index in [1.807, 2.05) is 6.07 Å². The van der Waals surface area contributed by atoms with Gasteiger partial charge in [0.05, 0.1) is 7.11 Å². The number of nitrogens with zero attached hydrogens (tertiary/aromatic N) is 1. The molecule has 1 aliphatic carbocycles. The lowest BCUT2D eigenvalue weighted by Gasteiger charge is -2.29. The first-order valence-corrected chi connectivity index (χ1v) is 7.17. The van der Waals surface area contributed by atoms with E-state index in [2.05, 4.69) is 30.9 Å². The molecule has 3 rings (SSSR count). The number of ether oxygens (including phenoxy) is 1. The number of rotatable bonds is 2.